The van der Waals surface area contributed by atoms with Crippen LogP contribution < -0.4 is 5.32 Å². The Kier molecular flexibility index (Phi) is 4.30. The van der Waals surface area contributed by atoms with Gasteiger partial charge < -0.3 is 10.4 Å². The molecule has 0 aliphatic carbocycles. The number of halogens is 2. The highest BCUT2D eigenvalue weighted by Gasteiger charge is 2.16. The van der Waals surface area contributed by atoms with Gasteiger partial charge in [-0.15, -0.1) is 0 Å². The van der Waals surface area contributed by atoms with Crippen molar-refractivity contribution in [1.29, 1.82) is 0 Å². The average molecular weight is 327 g/mol. The van der Waals surface area contributed by atoms with E-state index in [1.54, 1.807) is 0 Å². The first-order chi connectivity index (χ1) is 9.88. The summed E-state index contributed by atoms with van der Waals surface area (Å²) in [5, 5.41) is 22.9. The Hall–Kier alpha value is -2.31. The van der Waals surface area contributed by atoms with Gasteiger partial charge in [0.1, 0.15) is 5.75 Å². The second-order valence-electron chi connectivity index (χ2n) is 4.04. The molecule has 21 heavy (non-hydrogen) atoms. The van der Waals surface area contributed by atoms with E-state index in [4.69, 9.17) is 23.2 Å². The third-order valence-electron chi connectivity index (χ3n) is 2.61. The molecule has 0 atom stereocenters. The number of rotatable bonds is 3. The zero-order valence-electron chi connectivity index (χ0n) is 10.3. The van der Waals surface area contributed by atoms with Gasteiger partial charge in [0.2, 0.25) is 0 Å². The highest BCUT2D eigenvalue weighted by Crippen LogP contribution is 2.28. The lowest BCUT2D eigenvalue weighted by Gasteiger charge is -2.08. The lowest BCUT2D eigenvalue weighted by atomic mass is 10.2. The minimum absolute atomic E-state index is 0.0432. The Labute approximate surface area is 129 Å². The second-order valence-corrected chi connectivity index (χ2v) is 4.88. The molecule has 0 heterocycles. The van der Waals surface area contributed by atoms with Crippen molar-refractivity contribution < 1.29 is 14.8 Å². The molecule has 0 fully saturated rings. The quantitative estimate of drug-likeness (QED) is 0.508. The van der Waals surface area contributed by atoms with Crippen molar-refractivity contribution in [3.8, 4) is 5.75 Å². The van der Waals surface area contributed by atoms with Crippen molar-refractivity contribution in [2.75, 3.05) is 5.32 Å². The zero-order valence-corrected chi connectivity index (χ0v) is 11.9. The molecule has 0 saturated carbocycles. The molecule has 0 saturated heterocycles. The largest absolute Gasteiger partial charge is 0.506 e. The molecular formula is C13H8Cl2N2O4. The van der Waals surface area contributed by atoms with Gasteiger partial charge in [-0.1, -0.05) is 23.2 Å². The Morgan fingerprint density at radius 3 is 2.52 bits per heavy atom. The molecule has 2 N–H and O–H groups in total. The summed E-state index contributed by atoms with van der Waals surface area (Å²) in [5.74, 6) is -0.779. The second kappa shape index (κ2) is 5.99. The van der Waals surface area contributed by atoms with Crippen LogP contribution in [0.15, 0.2) is 36.4 Å². The third kappa shape index (κ3) is 3.42. The Balaban J connectivity index is 2.28. The average Bonchev–Trinajstić information content (AvgIpc) is 2.42. The van der Waals surface area contributed by atoms with E-state index in [0.717, 1.165) is 6.07 Å². The Morgan fingerprint density at radius 2 is 1.90 bits per heavy atom. The van der Waals surface area contributed by atoms with E-state index in [1.165, 1.54) is 30.3 Å². The number of amides is 1. The number of nitrogens with one attached hydrogen (secondary N) is 1. The number of aromatic hydroxyl groups is 1. The van der Waals surface area contributed by atoms with Crippen molar-refractivity contribution in [3.05, 3.63) is 62.1 Å². The smallest absolute Gasteiger partial charge is 0.270 e. The van der Waals surface area contributed by atoms with Gasteiger partial charge in [-0.2, -0.15) is 0 Å². The number of non-ortho nitro benzene ring substituents is 1. The van der Waals surface area contributed by atoms with E-state index in [-0.39, 0.29) is 27.7 Å². The summed E-state index contributed by atoms with van der Waals surface area (Å²) in [7, 11) is 0. The van der Waals surface area contributed by atoms with Gasteiger partial charge >= 0.3 is 0 Å². The summed E-state index contributed by atoms with van der Waals surface area (Å²) in [6.45, 7) is 0. The number of phenolic OH excluding ortho intramolecular Hbond substituents is 1. The maximum atomic E-state index is 12.1. The molecule has 0 unspecified atom stereocenters. The molecule has 0 aromatic heterocycles. The van der Waals surface area contributed by atoms with E-state index in [2.05, 4.69) is 5.32 Å². The first kappa shape index (κ1) is 15.1. The number of hydrogen-bond acceptors (Lipinski definition) is 4. The summed E-state index contributed by atoms with van der Waals surface area (Å²) in [6, 6.07) is 7.64. The van der Waals surface area contributed by atoms with Crippen LogP contribution in [-0.4, -0.2) is 15.9 Å². The lowest BCUT2D eigenvalue weighted by Crippen LogP contribution is -2.12. The highest BCUT2D eigenvalue weighted by molar-refractivity contribution is 6.34. The molecule has 0 aliphatic heterocycles. The zero-order chi connectivity index (χ0) is 15.6. The van der Waals surface area contributed by atoms with E-state index >= 15 is 0 Å². The van der Waals surface area contributed by atoms with Crippen LogP contribution in [0.2, 0.25) is 10.0 Å². The van der Waals surface area contributed by atoms with E-state index in [0.29, 0.717) is 5.02 Å². The van der Waals surface area contributed by atoms with Crippen molar-refractivity contribution in [2.45, 2.75) is 0 Å². The van der Waals surface area contributed by atoms with Crippen LogP contribution in [0.25, 0.3) is 0 Å². The van der Waals surface area contributed by atoms with Gasteiger partial charge in [0, 0.05) is 17.2 Å². The molecule has 0 aliphatic rings. The van der Waals surface area contributed by atoms with Crippen molar-refractivity contribution >= 4 is 40.5 Å². The first-order valence-electron chi connectivity index (χ1n) is 5.62. The summed E-state index contributed by atoms with van der Waals surface area (Å²) >= 11 is 11.6. The molecule has 108 valence electrons. The van der Waals surface area contributed by atoms with Gasteiger partial charge in [-0.05, 0) is 24.3 Å². The van der Waals surface area contributed by atoms with Crippen LogP contribution >= 0.6 is 23.2 Å². The summed E-state index contributed by atoms with van der Waals surface area (Å²) < 4.78 is 0. The number of anilines is 1. The topological polar surface area (TPSA) is 92.5 Å². The number of hydrogen-bond donors (Lipinski definition) is 2. The van der Waals surface area contributed by atoms with Gasteiger partial charge in [0.05, 0.1) is 21.2 Å². The Morgan fingerprint density at radius 1 is 1.19 bits per heavy atom. The highest BCUT2D eigenvalue weighted by atomic mass is 35.5. The van der Waals surface area contributed by atoms with Crippen molar-refractivity contribution in [3.63, 3.8) is 0 Å². The van der Waals surface area contributed by atoms with E-state index in [9.17, 15) is 20.0 Å². The maximum absolute atomic E-state index is 12.1. The molecule has 1 amide bonds. The monoisotopic (exact) mass is 326 g/mol. The molecule has 0 radical (unpaired) electrons. The van der Waals surface area contributed by atoms with Crippen LogP contribution in [0.3, 0.4) is 0 Å². The van der Waals surface area contributed by atoms with E-state index in [1.807, 2.05) is 0 Å². The number of carbonyl (C=O) groups is 1. The number of phenols is 1. The number of nitrogens with zero attached hydrogens (tertiary/aromatic N) is 1. The third-order valence-corrected chi connectivity index (χ3v) is 3.16. The van der Waals surface area contributed by atoms with Crippen LogP contribution in [0.4, 0.5) is 11.4 Å². The summed E-state index contributed by atoms with van der Waals surface area (Å²) in [5.41, 5.74) is -0.0642. The molecule has 0 spiro atoms. The van der Waals surface area contributed by atoms with Crippen LogP contribution in [0, 0.1) is 10.1 Å². The van der Waals surface area contributed by atoms with Crippen LogP contribution in [-0.2, 0) is 0 Å². The standard InChI is InChI=1S/C13H8Cl2N2O4/c14-7-1-4-12(18)11(5-7)16-13(19)9-3-2-8(17(20)21)6-10(9)15/h1-6,18H,(H,16,19). The number of nitro groups is 1. The van der Waals surface area contributed by atoms with Crippen molar-refractivity contribution in [1.82, 2.24) is 0 Å². The fourth-order valence-electron chi connectivity index (χ4n) is 1.60. The minimum Gasteiger partial charge on any atom is -0.506 e. The minimum atomic E-state index is -0.618. The normalized spacial score (nSPS) is 10.2. The molecule has 2 rings (SSSR count). The van der Waals surface area contributed by atoms with Gasteiger partial charge in [0.25, 0.3) is 11.6 Å². The summed E-state index contributed by atoms with van der Waals surface area (Å²) in [4.78, 5) is 22.1. The molecule has 8 heteroatoms. The van der Waals surface area contributed by atoms with E-state index < -0.39 is 10.8 Å². The molecule has 2 aromatic rings. The van der Waals surface area contributed by atoms with Crippen LogP contribution in [0.5, 0.6) is 5.75 Å². The number of nitro benzene ring substituents is 1. The molecule has 2 aromatic carbocycles. The first-order valence-corrected chi connectivity index (χ1v) is 6.38. The fraction of sp³-hybridized carbons (Fsp3) is 0. The lowest BCUT2D eigenvalue weighted by molar-refractivity contribution is -0.384. The SMILES string of the molecule is O=C(Nc1cc(Cl)ccc1O)c1ccc([N+](=O)[O-])cc1Cl. The predicted octanol–water partition coefficient (Wildman–Crippen LogP) is 3.86. The number of benzene rings is 2. The molecule has 6 nitrogen and oxygen atoms in total. The molecular weight excluding hydrogens is 319 g/mol. The van der Waals surface area contributed by atoms with Gasteiger partial charge in [-0.25, -0.2) is 0 Å². The van der Waals surface area contributed by atoms with Gasteiger partial charge in [0.15, 0.2) is 0 Å². The molecule has 0 bridgehead atoms. The number of carbonyl (C=O) groups excluding carboxylic acids is 1. The fourth-order valence-corrected chi connectivity index (χ4v) is 2.03. The Bertz CT molecular complexity index is 734. The van der Waals surface area contributed by atoms with Crippen molar-refractivity contribution in [2.24, 2.45) is 0 Å². The van der Waals surface area contributed by atoms with Crippen LogP contribution in [0.1, 0.15) is 10.4 Å². The maximum Gasteiger partial charge on any atom is 0.270 e. The van der Waals surface area contributed by atoms with Gasteiger partial charge in [-0.3, -0.25) is 14.9 Å². The summed E-state index contributed by atoms with van der Waals surface area (Å²) in [6.07, 6.45) is 0. The predicted molar refractivity (Wildman–Crippen MR) is 79.2 cm³/mol.